The number of fused-ring (bicyclic) bond motifs is 11. The van der Waals surface area contributed by atoms with Crippen molar-refractivity contribution in [2.24, 2.45) is 0 Å². The number of hydrogen-bond acceptors (Lipinski definition) is 2. The fourth-order valence-electron chi connectivity index (χ4n) is 8.69. The van der Waals surface area contributed by atoms with Crippen molar-refractivity contribution >= 4 is 75.1 Å². The number of rotatable bonds is 3. The normalized spacial score (nSPS) is 12.4. The van der Waals surface area contributed by atoms with Crippen LogP contribution < -0.4 is 4.74 Å². The summed E-state index contributed by atoms with van der Waals surface area (Å²) < 4.78 is 13.8. The number of thiophene rings is 1. The summed E-state index contributed by atoms with van der Waals surface area (Å²) in [6.07, 6.45) is 0. The molecule has 0 radical (unpaired) electrons. The Morgan fingerprint density at radius 1 is 0.423 bits per heavy atom. The molecule has 0 spiro atoms. The molecule has 11 aromatic rings. The van der Waals surface area contributed by atoms with E-state index in [1.165, 1.54) is 80.5 Å². The van der Waals surface area contributed by atoms with Crippen molar-refractivity contribution in [2.45, 2.75) is 0 Å². The summed E-state index contributed by atoms with van der Waals surface area (Å²) in [5, 5.41) is 7.62. The van der Waals surface area contributed by atoms with Gasteiger partial charge in [0.25, 0.3) is 0 Å². The molecule has 0 saturated carbocycles. The van der Waals surface area contributed by atoms with Crippen LogP contribution in [0.4, 0.5) is 0 Å². The first-order valence-electron chi connectivity index (χ1n) is 17.7. The zero-order chi connectivity index (χ0) is 33.9. The molecule has 0 aliphatic carbocycles. The lowest BCUT2D eigenvalue weighted by atomic mass is 9.99. The third-order valence-electron chi connectivity index (χ3n) is 10.9. The summed E-state index contributed by atoms with van der Waals surface area (Å²) >= 11 is 1.89. The van der Waals surface area contributed by atoms with Crippen molar-refractivity contribution in [1.29, 1.82) is 0 Å². The average Bonchev–Trinajstić information content (AvgIpc) is 3.87. The standard InChI is InChI=1S/C48H28N2OS/c1-3-16-39-34(10-1)38-28-30(33-13-7-14-36-35-11-2-6-21-45(35)52-48(33)36)24-27-40(38)49(39)31-25-22-29(23-26-31)32-12-8-18-42-46(32)37-15-9-20-44-47(37)50(42)41-17-4-5-19-43(41)51-44/h1-28H. The highest BCUT2D eigenvalue weighted by molar-refractivity contribution is 7.26. The predicted molar refractivity (Wildman–Crippen MR) is 219 cm³/mol. The first kappa shape index (κ1) is 28.1. The Balaban J connectivity index is 1.01. The van der Waals surface area contributed by atoms with Crippen molar-refractivity contribution in [3.63, 3.8) is 0 Å². The molecular formula is C48H28N2OS. The van der Waals surface area contributed by atoms with E-state index in [0.717, 1.165) is 28.4 Å². The van der Waals surface area contributed by atoms with E-state index in [1.54, 1.807) is 0 Å². The largest absolute Gasteiger partial charge is 0.453 e. The molecule has 0 fully saturated rings. The Morgan fingerprint density at radius 2 is 1.10 bits per heavy atom. The smallest absolute Gasteiger partial charge is 0.152 e. The van der Waals surface area contributed by atoms with E-state index >= 15 is 0 Å². The molecule has 242 valence electrons. The van der Waals surface area contributed by atoms with Crippen LogP contribution in [0.5, 0.6) is 11.5 Å². The maximum Gasteiger partial charge on any atom is 0.152 e. The lowest BCUT2D eigenvalue weighted by Gasteiger charge is -2.20. The van der Waals surface area contributed by atoms with Gasteiger partial charge in [0, 0.05) is 47.4 Å². The minimum absolute atomic E-state index is 0.880. The minimum Gasteiger partial charge on any atom is -0.453 e. The Morgan fingerprint density at radius 3 is 2.04 bits per heavy atom. The molecule has 12 rings (SSSR count). The van der Waals surface area contributed by atoms with Crippen molar-refractivity contribution in [3.8, 4) is 45.1 Å². The second-order valence-electron chi connectivity index (χ2n) is 13.7. The first-order chi connectivity index (χ1) is 25.8. The molecule has 4 heteroatoms. The van der Waals surface area contributed by atoms with E-state index in [2.05, 4.69) is 167 Å². The van der Waals surface area contributed by atoms with Crippen molar-refractivity contribution in [1.82, 2.24) is 9.13 Å². The van der Waals surface area contributed by atoms with E-state index in [4.69, 9.17) is 4.74 Å². The van der Waals surface area contributed by atoms with Crippen molar-refractivity contribution in [2.75, 3.05) is 0 Å². The summed E-state index contributed by atoms with van der Waals surface area (Å²) in [5.74, 6) is 1.77. The van der Waals surface area contributed by atoms with Crippen LogP contribution in [-0.4, -0.2) is 9.13 Å². The highest BCUT2D eigenvalue weighted by Crippen LogP contribution is 2.48. The van der Waals surface area contributed by atoms with Gasteiger partial charge < -0.3 is 13.9 Å². The predicted octanol–water partition coefficient (Wildman–Crippen LogP) is 13.7. The summed E-state index contributed by atoms with van der Waals surface area (Å²) in [6.45, 7) is 0. The first-order valence-corrected chi connectivity index (χ1v) is 18.5. The summed E-state index contributed by atoms with van der Waals surface area (Å²) in [6, 6.07) is 61.7. The number of para-hydroxylation sites is 4. The van der Waals surface area contributed by atoms with Gasteiger partial charge in [-0.3, -0.25) is 0 Å². The molecule has 1 aliphatic rings. The summed E-state index contributed by atoms with van der Waals surface area (Å²) in [4.78, 5) is 0. The van der Waals surface area contributed by atoms with Gasteiger partial charge in [0.15, 0.2) is 11.5 Å². The molecule has 8 aromatic carbocycles. The quantitative estimate of drug-likeness (QED) is 0.182. The molecule has 0 unspecified atom stereocenters. The van der Waals surface area contributed by atoms with E-state index in [-0.39, 0.29) is 0 Å². The Bertz CT molecular complexity index is 3270. The Kier molecular flexibility index (Phi) is 5.65. The van der Waals surface area contributed by atoms with Gasteiger partial charge in [-0.05, 0) is 82.9 Å². The summed E-state index contributed by atoms with van der Waals surface area (Å²) in [5.41, 5.74) is 11.9. The highest BCUT2D eigenvalue weighted by Gasteiger charge is 2.25. The van der Waals surface area contributed by atoms with Crippen LogP contribution >= 0.6 is 11.3 Å². The lowest BCUT2D eigenvalue weighted by Crippen LogP contribution is -2.03. The number of nitrogens with zero attached hydrogens (tertiary/aromatic N) is 2. The molecule has 0 amide bonds. The van der Waals surface area contributed by atoms with Crippen molar-refractivity contribution < 1.29 is 4.74 Å². The molecule has 52 heavy (non-hydrogen) atoms. The van der Waals surface area contributed by atoms with Crippen LogP contribution in [0.1, 0.15) is 0 Å². The van der Waals surface area contributed by atoms with E-state index in [1.807, 2.05) is 23.5 Å². The van der Waals surface area contributed by atoms with Gasteiger partial charge in [0.1, 0.15) is 0 Å². The lowest BCUT2D eigenvalue weighted by molar-refractivity contribution is 0.476. The molecule has 0 atom stereocenters. The third kappa shape index (κ3) is 3.79. The number of hydrogen-bond donors (Lipinski definition) is 0. The SMILES string of the molecule is c1ccc2c(c1)Oc1cccc3c4c(-c5ccc(-n6c7ccccc7c7cc(-c8cccc9c8sc8ccccc89)ccc76)cc5)cccc4n-2c13. The fraction of sp³-hybridized carbons (Fsp3) is 0. The second-order valence-corrected chi connectivity index (χ2v) is 14.7. The molecular weight excluding hydrogens is 653 g/mol. The van der Waals surface area contributed by atoms with Gasteiger partial charge >= 0.3 is 0 Å². The maximum absolute atomic E-state index is 6.39. The molecule has 0 bridgehead atoms. The molecule has 0 N–H and O–H groups in total. The van der Waals surface area contributed by atoms with Crippen molar-refractivity contribution in [3.05, 3.63) is 170 Å². The monoisotopic (exact) mass is 680 g/mol. The van der Waals surface area contributed by atoms with Gasteiger partial charge in [-0.25, -0.2) is 0 Å². The number of ether oxygens (including phenoxy) is 1. The van der Waals surface area contributed by atoms with Crippen LogP contribution in [0.3, 0.4) is 0 Å². The molecule has 1 aliphatic heterocycles. The highest BCUT2D eigenvalue weighted by atomic mass is 32.1. The van der Waals surface area contributed by atoms with Gasteiger partial charge in [-0.15, -0.1) is 11.3 Å². The second kappa shape index (κ2) is 10.5. The average molecular weight is 681 g/mol. The van der Waals surface area contributed by atoms with E-state index in [9.17, 15) is 0 Å². The third-order valence-corrected chi connectivity index (χ3v) is 12.1. The van der Waals surface area contributed by atoms with E-state index < -0.39 is 0 Å². The van der Waals surface area contributed by atoms with E-state index in [0.29, 0.717) is 0 Å². The van der Waals surface area contributed by atoms with Gasteiger partial charge in [0.2, 0.25) is 0 Å². The molecule has 3 aromatic heterocycles. The van der Waals surface area contributed by atoms with Crippen LogP contribution in [-0.2, 0) is 0 Å². The van der Waals surface area contributed by atoms with Crippen LogP contribution in [0, 0.1) is 0 Å². The number of aromatic nitrogens is 2. The zero-order valence-corrected chi connectivity index (χ0v) is 28.7. The zero-order valence-electron chi connectivity index (χ0n) is 27.9. The van der Waals surface area contributed by atoms with Gasteiger partial charge in [0.05, 0.1) is 27.8 Å². The summed E-state index contributed by atoms with van der Waals surface area (Å²) in [7, 11) is 0. The van der Waals surface area contributed by atoms with Crippen LogP contribution in [0.25, 0.3) is 97.4 Å². The van der Waals surface area contributed by atoms with Gasteiger partial charge in [-0.2, -0.15) is 0 Å². The molecule has 3 nitrogen and oxygen atoms in total. The Labute approximate surface area is 302 Å². The topological polar surface area (TPSA) is 19.1 Å². The Hall–Kier alpha value is -6.62. The molecule has 4 heterocycles. The minimum atomic E-state index is 0.880. The fourth-order valence-corrected chi connectivity index (χ4v) is 9.93. The van der Waals surface area contributed by atoms with Crippen LogP contribution in [0.15, 0.2) is 170 Å². The number of benzene rings is 8. The van der Waals surface area contributed by atoms with Crippen LogP contribution in [0.2, 0.25) is 0 Å². The maximum atomic E-state index is 6.39. The molecule has 0 saturated heterocycles. The van der Waals surface area contributed by atoms with Gasteiger partial charge in [-0.1, -0.05) is 109 Å².